The maximum Gasteiger partial charge on any atom is 0.320 e. The highest BCUT2D eigenvalue weighted by atomic mass is 79.9. The van der Waals surface area contributed by atoms with E-state index < -0.39 is 0 Å². The number of nitrogens with zero attached hydrogens (tertiary/aromatic N) is 1. The number of likely N-dealkylation sites (N-methyl/N-ethyl adjacent to an activating group) is 1. The number of ether oxygens (including phenoxy) is 1. The monoisotopic (exact) mass is 305 g/mol. The van der Waals surface area contributed by atoms with Gasteiger partial charge in [0.2, 0.25) is 0 Å². The van der Waals surface area contributed by atoms with Crippen LogP contribution in [-0.4, -0.2) is 30.6 Å². The Morgan fingerprint density at radius 1 is 1.50 bits per heavy atom. The van der Waals surface area contributed by atoms with E-state index in [0.717, 1.165) is 16.9 Å². The van der Waals surface area contributed by atoms with Crippen LogP contribution in [0.15, 0.2) is 15.9 Å². The molecule has 90 valence electrons. The van der Waals surface area contributed by atoms with Crippen molar-refractivity contribution in [3.8, 4) is 0 Å². The SMILES string of the molecule is CCOC(=O)CN(CC)Cc1ccc(Br)s1. The zero-order valence-corrected chi connectivity index (χ0v) is 11.9. The minimum absolute atomic E-state index is 0.153. The first kappa shape index (κ1) is 13.7. The summed E-state index contributed by atoms with van der Waals surface area (Å²) in [5.41, 5.74) is 0. The van der Waals surface area contributed by atoms with Gasteiger partial charge < -0.3 is 4.74 Å². The number of halogens is 1. The lowest BCUT2D eigenvalue weighted by Gasteiger charge is -2.18. The van der Waals surface area contributed by atoms with Crippen molar-refractivity contribution < 1.29 is 9.53 Å². The first-order valence-corrected chi connectivity index (χ1v) is 6.88. The number of hydrogen-bond acceptors (Lipinski definition) is 4. The van der Waals surface area contributed by atoms with Gasteiger partial charge in [0, 0.05) is 11.4 Å². The Balaban J connectivity index is 2.45. The van der Waals surface area contributed by atoms with Crippen LogP contribution in [-0.2, 0) is 16.1 Å². The number of carbonyl (C=O) groups is 1. The molecule has 0 saturated heterocycles. The molecule has 0 aliphatic heterocycles. The van der Waals surface area contributed by atoms with Gasteiger partial charge in [-0.05, 0) is 41.5 Å². The summed E-state index contributed by atoms with van der Waals surface area (Å²) in [6, 6.07) is 4.10. The Hall–Kier alpha value is -0.390. The number of carbonyl (C=O) groups excluding carboxylic acids is 1. The second kappa shape index (κ2) is 7.04. The molecule has 3 nitrogen and oxygen atoms in total. The van der Waals surface area contributed by atoms with Crippen molar-refractivity contribution in [2.75, 3.05) is 19.7 Å². The summed E-state index contributed by atoms with van der Waals surface area (Å²) in [7, 11) is 0. The first-order chi connectivity index (χ1) is 7.65. The molecule has 16 heavy (non-hydrogen) atoms. The van der Waals surface area contributed by atoms with Gasteiger partial charge in [0.05, 0.1) is 16.9 Å². The first-order valence-electron chi connectivity index (χ1n) is 5.27. The van der Waals surface area contributed by atoms with Crippen LogP contribution in [0.25, 0.3) is 0 Å². The van der Waals surface area contributed by atoms with Gasteiger partial charge in [-0.1, -0.05) is 6.92 Å². The van der Waals surface area contributed by atoms with Crippen molar-refractivity contribution in [1.29, 1.82) is 0 Å². The van der Waals surface area contributed by atoms with Gasteiger partial charge in [0.1, 0.15) is 0 Å². The summed E-state index contributed by atoms with van der Waals surface area (Å²) in [6.45, 7) is 6.31. The Kier molecular flexibility index (Phi) is 6.01. The summed E-state index contributed by atoms with van der Waals surface area (Å²) >= 11 is 5.12. The molecule has 1 rings (SSSR count). The summed E-state index contributed by atoms with van der Waals surface area (Å²) in [4.78, 5) is 14.7. The molecule has 0 aliphatic carbocycles. The summed E-state index contributed by atoms with van der Waals surface area (Å²) in [5, 5.41) is 0. The van der Waals surface area contributed by atoms with Crippen LogP contribution in [0.5, 0.6) is 0 Å². The third-order valence-corrected chi connectivity index (χ3v) is 3.72. The second-order valence-corrected chi connectivity index (χ2v) is 5.86. The number of rotatable bonds is 6. The smallest absolute Gasteiger partial charge is 0.320 e. The average Bonchev–Trinajstić information content (AvgIpc) is 2.63. The number of esters is 1. The Morgan fingerprint density at radius 2 is 2.25 bits per heavy atom. The minimum atomic E-state index is -0.153. The van der Waals surface area contributed by atoms with Gasteiger partial charge in [0.25, 0.3) is 0 Å². The topological polar surface area (TPSA) is 29.5 Å². The highest BCUT2D eigenvalue weighted by Gasteiger charge is 2.11. The molecule has 0 atom stereocenters. The highest BCUT2D eigenvalue weighted by Crippen LogP contribution is 2.23. The molecule has 0 aromatic carbocycles. The molecule has 1 aromatic rings. The molecule has 0 radical (unpaired) electrons. The van der Waals surface area contributed by atoms with Crippen LogP contribution in [0.1, 0.15) is 18.7 Å². The van der Waals surface area contributed by atoms with Crippen molar-refractivity contribution in [3.05, 3.63) is 20.8 Å². The normalized spacial score (nSPS) is 10.8. The third-order valence-electron chi connectivity index (χ3n) is 2.11. The quantitative estimate of drug-likeness (QED) is 0.757. The second-order valence-electron chi connectivity index (χ2n) is 3.31. The van der Waals surface area contributed by atoms with E-state index in [2.05, 4.69) is 26.9 Å². The van der Waals surface area contributed by atoms with Crippen molar-refractivity contribution in [2.45, 2.75) is 20.4 Å². The summed E-state index contributed by atoms with van der Waals surface area (Å²) in [6.07, 6.45) is 0. The van der Waals surface area contributed by atoms with Crippen molar-refractivity contribution >= 4 is 33.2 Å². The molecule has 0 bridgehead atoms. The van der Waals surface area contributed by atoms with Crippen molar-refractivity contribution in [3.63, 3.8) is 0 Å². The van der Waals surface area contributed by atoms with E-state index in [1.54, 1.807) is 11.3 Å². The van der Waals surface area contributed by atoms with Gasteiger partial charge in [-0.25, -0.2) is 0 Å². The lowest BCUT2D eigenvalue weighted by Crippen LogP contribution is -2.30. The van der Waals surface area contributed by atoms with E-state index in [4.69, 9.17) is 4.74 Å². The van der Waals surface area contributed by atoms with Gasteiger partial charge in [0.15, 0.2) is 0 Å². The molecule has 0 saturated carbocycles. The van der Waals surface area contributed by atoms with Crippen LogP contribution in [0.4, 0.5) is 0 Å². The fourth-order valence-corrected chi connectivity index (χ4v) is 2.85. The zero-order chi connectivity index (χ0) is 12.0. The largest absolute Gasteiger partial charge is 0.465 e. The average molecular weight is 306 g/mol. The minimum Gasteiger partial charge on any atom is -0.465 e. The van der Waals surface area contributed by atoms with Crippen LogP contribution >= 0.6 is 27.3 Å². The van der Waals surface area contributed by atoms with Crippen molar-refractivity contribution in [1.82, 2.24) is 4.90 Å². The highest BCUT2D eigenvalue weighted by molar-refractivity contribution is 9.11. The maximum atomic E-state index is 11.3. The predicted octanol–water partition coefficient (Wildman–Crippen LogP) is 2.90. The van der Waals surface area contributed by atoms with Crippen LogP contribution in [0.2, 0.25) is 0 Å². The van der Waals surface area contributed by atoms with E-state index in [9.17, 15) is 4.79 Å². The zero-order valence-electron chi connectivity index (χ0n) is 9.53. The molecule has 1 heterocycles. The fourth-order valence-electron chi connectivity index (χ4n) is 1.33. The molecule has 0 fully saturated rings. The van der Waals surface area contributed by atoms with Gasteiger partial charge in [-0.15, -0.1) is 11.3 Å². The van der Waals surface area contributed by atoms with Crippen LogP contribution in [0.3, 0.4) is 0 Å². The lowest BCUT2D eigenvalue weighted by molar-refractivity contribution is -0.144. The molecule has 0 amide bonds. The van der Waals surface area contributed by atoms with E-state index >= 15 is 0 Å². The maximum absolute atomic E-state index is 11.3. The molecule has 0 aliphatic rings. The third kappa shape index (κ3) is 4.63. The standard InChI is InChI=1S/C11H16BrNO2S/c1-3-13(8-11(14)15-4-2)7-9-5-6-10(12)16-9/h5-6H,3-4,7-8H2,1-2H3. The van der Waals surface area contributed by atoms with E-state index in [0.29, 0.717) is 13.2 Å². The molecular weight excluding hydrogens is 290 g/mol. The number of thiophene rings is 1. The fraction of sp³-hybridized carbons (Fsp3) is 0.545. The Labute approximate surface area is 109 Å². The molecule has 5 heteroatoms. The molecule has 0 N–H and O–H groups in total. The van der Waals surface area contributed by atoms with Crippen LogP contribution in [0, 0.1) is 0 Å². The molecule has 0 spiro atoms. The Bertz CT molecular complexity index is 340. The van der Waals surface area contributed by atoms with Gasteiger partial charge >= 0.3 is 5.97 Å². The molecule has 0 unspecified atom stereocenters. The van der Waals surface area contributed by atoms with E-state index in [1.807, 2.05) is 19.9 Å². The van der Waals surface area contributed by atoms with Crippen LogP contribution < -0.4 is 0 Å². The molecular formula is C11H16BrNO2S. The number of hydrogen-bond donors (Lipinski definition) is 0. The van der Waals surface area contributed by atoms with E-state index in [1.165, 1.54) is 4.88 Å². The van der Waals surface area contributed by atoms with Crippen molar-refractivity contribution in [2.24, 2.45) is 0 Å². The lowest BCUT2D eigenvalue weighted by atomic mass is 10.4. The van der Waals surface area contributed by atoms with E-state index in [-0.39, 0.29) is 5.97 Å². The summed E-state index contributed by atoms with van der Waals surface area (Å²) in [5.74, 6) is -0.153. The summed E-state index contributed by atoms with van der Waals surface area (Å²) < 4.78 is 6.05. The van der Waals surface area contributed by atoms with Gasteiger partial charge in [-0.3, -0.25) is 9.69 Å². The Morgan fingerprint density at radius 3 is 2.75 bits per heavy atom. The predicted molar refractivity (Wildman–Crippen MR) is 69.6 cm³/mol. The van der Waals surface area contributed by atoms with Gasteiger partial charge in [-0.2, -0.15) is 0 Å². The molecule has 1 aromatic heterocycles.